The van der Waals surface area contributed by atoms with Gasteiger partial charge in [0, 0.05) is 37.9 Å². The number of ether oxygens (including phenoxy) is 4. The zero-order chi connectivity index (χ0) is 23.9. The molecule has 1 atom stereocenters. The predicted octanol–water partition coefficient (Wildman–Crippen LogP) is 3.95. The number of nitro groups is 1. The summed E-state index contributed by atoms with van der Waals surface area (Å²) in [5, 5.41) is 11.2. The second kappa shape index (κ2) is 11.0. The summed E-state index contributed by atoms with van der Waals surface area (Å²) >= 11 is 0. The molecule has 0 radical (unpaired) electrons. The van der Waals surface area contributed by atoms with Crippen LogP contribution in [-0.2, 0) is 14.3 Å². The van der Waals surface area contributed by atoms with Crippen molar-refractivity contribution in [2.24, 2.45) is 5.92 Å². The van der Waals surface area contributed by atoms with E-state index in [1.807, 2.05) is 27.7 Å². The van der Waals surface area contributed by atoms with Crippen molar-refractivity contribution < 1.29 is 33.5 Å². The van der Waals surface area contributed by atoms with Crippen molar-refractivity contribution in [3.05, 3.63) is 28.3 Å². The topological polar surface area (TPSA) is 117 Å². The van der Waals surface area contributed by atoms with Crippen molar-refractivity contribution >= 4 is 17.7 Å². The number of non-ortho nitro benzene ring substituents is 1. The minimum absolute atomic E-state index is 0.118. The third-order valence-electron chi connectivity index (χ3n) is 4.79. The van der Waals surface area contributed by atoms with Gasteiger partial charge < -0.3 is 23.8 Å². The number of esters is 1. The lowest BCUT2D eigenvalue weighted by Crippen LogP contribution is -2.44. The Morgan fingerprint density at radius 2 is 1.88 bits per heavy atom. The molecule has 10 heteroatoms. The van der Waals surface area contributed by atoms with E-state index in [0.717, 1.165) is 0 Å². The second-order valence-corrected chi connectivity index (χ2v) is 8.87. The van der Waals surface area contributed by atoms with Crippen LogP contribution in [0.2, 0.25) is 0 Å². The van der Waals surface area contributed by atoms with Crippen LogP contribution in [-0.4, -0.2) is 60.4 Å². The molecule has 0 saturated carbocycles. The molecule has 32 heavy (non-hydrogen) atoms. The minimum atomic E-state index is -0.555. The van der Waals surface area contributed by atoms with Crippen LogP contribution in [0.25, 0.3) is 0 Å². The first-order valence-corrected chi connectivity index (χ1v) is 10.6. The van der Waals surface area contributed by atoms with Gasteiger partial charge in [-0.3, -0.25) is 14.9 Å². The lowest BCUT2D eigenvalue weighted by Gasteiger charge is -2.33. The van der Waals surface area contributed by atoms with E-state index in [4.69, 9.17) is 14.2 Å². The molecule has 0 aliphatic carbocycles. The van der Waals surface area contributed by atoms with Crippen LogP contribution in [0.4, 0.5) is 10.5 Å². The highest BCUT2D eigenvalue weighted by Crippen LogP contribution is 2.34. The molecule has 1 heterocycles. The van der Waals surface area contributed by atoms with E-state index in [9.17, 15) is 19.7 Å². The number of piperidine rings is 1. The largest absolute Gasteiger partial charge is 0.489 e. The molecule has 1 aromatic carbocycles. The number of amides is 1. The summed E-state index contributed by atoms with van der Waals surface area (Å²) in [6, 6.07) is 4.19. The summed E-state index contributed by atoms with van der Waals surface area (Å²) in [5.41, 5.74) is -0.673. The Balaban J connectivity index is 2.01. The van der Waals surface area contributed by atoms with Crippen molar-refractivity contribution in [1.82, 2.24) is 4.90 Å². The van der Waals surface area contributed by atoms with Gasteiger partial charge in [-0.05, 0) is 26.8 Å². The van der Waals surface area contributed by atoms with Crippen molar-refractivity contribution in [2.75, 3.05) is 26.8 Å². The van der Waals surface area contributed by atoms with Gasteiger partial charge in [0.05, 0.1) is 31.1 Å². The van der Waals surface area contributed by atoms with Crippen molar-refractivity contribution in [1.29, 1.82) is 0 Å². The molecular weight excluding hydrogens is 420 g/mol. The van der Waals surface area contributed by atoms with E-state index < -0.39 is 10.5 Å². The number of methoxy groups -OCH3 is 1. The molecule has 1 aliphatic rings. The lowest BCUT2D eigenvalue weighted by molar-refractivity contribution is -0.385. The molecule has 0 aromatic heterocycles. The Kier molecular flexibility index (Phi) is 8.68. The second-order valence-electron chi connectivity index (χ2n) is 8.87. The van der Waals surface area contributed by atoms with E-state index >= 15 is 0 Å². The summed E-state index contributed by atoms with van der Waals surface area (Å²) in [6.45, 7) is 8.43. The summed E-state index contributed by atoms with van der Waals surface area (Å²) < 4.78 is 21.9. The van der Waals surface area contributed by atoms with Crippen LogP contribution in [0, 0.1) is 16.0 Å². The minimum Gasteiger partial charge on any atom is -0.489 e. The van der Waals surface area contributed by atoms with Crippen LogP contribution >= 0.6 is 0 Å². The van der Waals surface area contributed by atoms with E-state index in [1.54, 1.807) is 4.90 Å². The van der Waals surface area contributed by atoms with Crippen molar-refractivity contribution in [3.63, 3.8) is 0 Å². The maximum absolute atomic E-state index is 12.2. The highest BCUT2D eigenvalue weighted by atomic mass is 16.6. The predicted molar refractivity (Wildman–Crippen MR) is 116 cm³/mol. The Bertz CT molecular complexity index is 813. The number of hydrogen-bond donors (Lipinski definition) is 0. The van der Waals surface area contributed by atoms with E-state index in [2.05, 4.69) is 4.74 Å². The molecule has 1 amide bonds. The van der Waals surface area contributed by atoms with Crippen molar-refractivity contribution in [2.45, 2.75) is 58.7 Å². The fourth-order valence-corrected chi connectivity index (χ4v) is 3.14. The molecule has 0 spiro atoms. The van der Waals surface area contributed by atoms with Gasteiger partial charge in [0.1, 0.15) is 11.7 Å². The number of nitrogens with zero attached hydrogens (tertiary/aromatic N) is 2. The van der Waals surface area contributed by atoms with E-state index in [-0.39, 0.29) is 48.5 Å². The van der Waals surface area contributed by atoms with Gasteiger partial charge in [0.15, 0.2) is 11.5 Å². The molecule has 178 valence electrons. The Morgan fingerprint density at radius 1 is 1.22 bits per heavy atom. The zero-order valence-electron chi connectivity index (χ0n) is 19.3. The summed E-state index contributed by atoms with van der Waals surface area (Å²) in [5.74, 6) is 0.127. The fourth-order valence-electron chi connectivity index (χ4n) is 3.14. The first-order valence-electron chi connectivity index (χ1n) is 10.6. The number of benzene rings is 1. The maximum atomic E-state index is 12.2. The standard InChI is InChI=1S/C22H32N2O8/c1-15(12-20(25)29-5)14-30-19-13-16(24(27)28)6-7-18(19)31-17-8-10-23(11-9-17)21(26)32-22(2,3)4/h6-7,13,15,17H,8-12,14H2,1-5H3. The molecule has 0 bridgehead atoms. The first kappa shape index (κ1) is 25.2. The number of carbonyl (C=O) groups excluding carboxylic acids is 2. The SMILES string of the molecule is COC(=O)CC(C)COc1cc([N+](=O)[O-])ccc1OC1CCN(C(=O)OC(C)(C)C)CC1. The van der Waals surface area contributed by atoms with E-state index in [1.165, 1.54) is 25.3 Å². The van der Waals surface area contributed by atoms with Crippen LogP contribution in [0.3, 0.4) is 0 Å². The van der Waals surface area contributed by atoms with E-state index in [0.29, 0.717) is 31.7 Å². The average molecular weight is 453 g/mol. The van der Waals surface area contributed by atoms with Gasteiger partial charge in [0.25, 0.3) is 5.69 Å². The molecule has 1 saturated heterocycles. The first-order chi connectivity index (χ1) is 15.0. The lowest BCUT2D eigenvalue weighted by atomic mass is 10.1. The normalized spacial score (nSPS) is 15.6. The number of nitro benzene ring substituents is 1. The Morgan fingerprint density at radius 3 is 2.44 bits per heavy atom. The van der Waals surface area contributed by atoms with Gasteiger partial charge in [-0.2, -0.15) is 0 Å². The number of likely N-dealkylation sites (tertiary alicyclic amines) is 1. The molecule has 1 fully saturated rings. The number of rotatable bonds is 8. The highest BCUT2D eigenvalue weighted by molar-refractivity contribution is 5.69. The number of carbonyl (C=O) groups is 2. The molecule has 1 aliphatic heterocycles. The summed E-state index contributed by atoms with van der Waals surface area (Å²) in [4.78, 5) is 36.0. The van der Waals surface area contributed by atoms with Gasteiger partial charge in [-0.25, -0.2) is 4.79 Å². The molecular formula is C22H32N2O8. The molecule has 1 aromatic rings. The van der Waals surface area contributed by atoms with Gasteiger partial charge in [-0.15, -0.1) is 0 Å². The van der Waals surface area contributed by atoms with Crippen LogP contribution < -0.4 is 9.47 Å². The third-order valence-corrected chi connectivity index (χ3v) is 4.79. The van der Waals surface area contributed by atoms with Gasteiger partial charge in [-0.1, -0.05) is 6.92 Å². The van der Waals surface area contributed by atoms with Gasteiger partial charge in [0.2, 0.25) is 0 Å². The molecule has 0 N–H and O–H groups in total. The van der Waals surface area contributed by atoms with Crippen LogP contribution in [0.15, 0.2) is 18.2 Å². The highest BCUT2D eigenvalue weighted by Gasteiger charge is 2.28. The van der Waals surface area contributed by atoms with Crippen LogP contribution in [0.1, 0.15) is 47.0 Å². The third kappa shape index (κ3) is 7.90. The van der Waals surface area contributed by atoms with Crippen molar-refractivity contribution in [3.8, 4) is 11.5 Å². The molecule has 10 nitrogen and oxygen atoms in total. The fraction of sp³-hybridized carbons (Fsp3) is 0.636. The maximum Gasteiger partial charge on any atom is 0.410 e. The van der Waals surface area contributed by atoms with Gasteiger partial charge >= 0.3 is 12.1 Å². The Labute approximate surface area is 187 Å². The smallest absolute Gasteiger partial charge is 0.410 e. The zero-order valence-corrected chi connectivity index (χ0v) is 19.3. The monoisotopic (exact) mass is 452 g/mol. The molecule has 1 unspecified atom stereocenters. The summed E-state index contributed by atoms with van der Waals surface area (Å²) in [6.07, 6.45) is 0.827. The average Bonchev–Trinajstić information content (AvgIpc) is 2.72. The quantitative estimate of drug-likeness (QED) is 0.331. The van der Waals surface area contributed by atoms with Crippen LogP contribution in [0.5, 0.6) is 11.5 Å². The number of hydrogen-bond acceptors (Lipinski definition) is 8. The summed E-state index contributed by atoms with van der Waals surface area (Å²) in [7, 11) is 1.32. The Hall–Kier alpha value is -3.04. The molecule has 2 rings (SSSR count).